The molecule has 5 nitrogen and oxygen atoms in total. The predicted molar refractivity (Wildman–Crippen MR) is 107 cm³/mol. The Bertz CT molecular complexity index is 906. The number of nitrogens with one attached hydrogen (secondary N) is 1. The fraction of sp³-hybridized carbons (Fsp3) is 0.350. The van der Waals surface area contributed by atoms with Crippen LogP contribution in [0.1, 0.15) is 27.8 Å². The molecular weight excluding hydrogens is 348 g/mol. The molecule has 0 bridgehead atoms. The number of nitrogens with zero attached hydrogens (tertiary/aromatic N) is 1. The summed E-state index contributed by atoms with van der Waals surface area (Å²) in [6, 6.07) is 9.57. The van der Waals surface area contributed by atoms with Crippen molar-refractivity contribution in [1.82, 2.24) is 0 Å². The molecule has 140 valence electrons. The number of sulfonamides is 1. The number of benzene rings is 2. The molecule has 2 aromatic rings. The average Bonchev–Trinajstić information content (AvgIpc) is 2.42. The van der Waals surface area contributed by atoms with Gasteiger partial charge in [-0.3, -0.25) is 9.10 Å². The number of anilines is 2. The smallest absolute Gasteiger partial charge is 0.245 e. The van der Waals surface area contributed by atoms with Crippen molar-refractivity contribution in [3.63, 3.8) is 0 Å². The van der Waals surface area contributed by atoms with Crippen molar-refractivity contribution >= 4 is 27.3 Å². The molecule has 0 radical (unpaired) electrons. The highest BCUT2D eigenvalue weighted by molar-refractivity contribution is 7.92. The van der Waals surface area contributed by atoms with Gasteiger partial charge in [-0.15, -0.1) is 0 Å². The molecule has 0 unspecified atom stereocenters. The zero-order valence-electron chi connectivity index (χ0n) is 16.2. The zero-order chi connectivity index (χ0) is 19.6. The minimum Gasteiger partial charge on any atom is -0.324 e. The molecule has 0 spiro atoms. The summed E-state index contributed by atoms with van der Waals surface area (Å²) >= 11 is 0. The highest BCUT2D eigenvalue weighted by Crippen LogP contribution is 2.28. The van der Waals surface area contributed by atoms with Gasteiger partial charge in [-0.05, 0) is 69.0 Å². The van der Waals surface area contributed by atoms with Crippen LogP contribution in [0.15, 0.2) is 30.3 Å². The van der Waals surface area contributed by atoms with Crippen LogP contribution in [0, 0.1) is 34.6 Å². The molecule has 1 amide bonds. The van der Waals surface area contributed by atoms with E-state index in [1.165, 1.54) is 4.31 Å². The van der Waals surface area contributed by atoms with Gasteiger partial charge in [-0.1, -0.05) is 23.8 Å². The van der Waals surface area contributed by atoms with Crippen molar-refractivity contribution in [2.45, 2.75) is 34.6 Å². The van der Waals surface area contributed by atoms with Crippen LogP contribution in [0.5, 0.6) is 0 Å². The molecule has 0 atom stereocenters. The van der Waals surface area contributed by atoms with Gasteiger partial charge in [0.25, 0.3) is 0 Å². The number of carbonyl (C=O) groups is 1. The maximum Gasteiger partial charge on any atom is 0.245 e. The van der Waals surface area contributed by atoms with Crippen LogP contribution in [0.3, 0.4) is 0 Å². The summed E-state index contributed by atoms with van der Waals surface area (Å²) in [4.78, 5) is 12.5. The Hall–Kier alpha value is -2.34. The largest absolute Gasteiger partial charge is 0.324 e. The van der Waals surface area contributed by atoms with Gasteiger partial charge >= 0.3 is 0 Å². The molecule has 26 heavy (non-hydrogen) atoms. The molecular formula is C20H26N2O3S. The van der Waals surface area contributed by atoms with Crippen molar-refractivity contribution in [2.75, 3.05) is 22.4 Å². The monoisotopic (exact) mass is 374 g/mol. The van der Waals surface area contributed by atoms with E-state index in [1.807, 2.05) is 65.0 Å². The topological polar surface area (TPSA) is 66.5 Å². The maximum absolute atomic E-state index is 12.5. The maximum atomic E-state index is 12.5. The fourth-order valence-electron chi connectivity index (χ4n) is 3.31. The Balaban J connectivity index is 2.34. The molecule has 0 saturated carbocycles. The quantitative estimate of drug-likeness (QED) is 0.869. The average molecular weight is 375 g/mol. The number of hydrogen-bond acceptors (Lipinski definition) is 3. The van der Waals surface area contributed by atoms with Crippen molar-refractivity contribution < 1.29 is 13.2 Å². The van der Waals surface area contributed by atoms with Gasteiger partial charge in [0, 0.05) is 5.69 Å². The Morgan fingerprint density at radius 3 is 1.81 bits per heavy atom. The lowest BCUT2D eigenvalue weighted by Crippen LogP contribution is -2.38. The van der Waals surface area contributed by atoms with E-state index in [4.69, 9.17) is 0 Å². The summed E-state index contributed by atoms with van der Waals surface area (Å²) in [6.45, 7) is 9.30. The van der Waals surface area contributed by atoms with Crippen molar-refractivity contribution in [1.29, 1.82) is 0 Å². The van der Waals surface area contributed by atoms with Crippen LogP contribution in [0.2, 0.25) is 0 Å². The molecule has 6 heteroatoms. The summed E-state index contributed by atoms with van der Waals surface area (Å²) in [5.74, 6) is -0.375. The summed E-state index contributed by atoms with van der Waals surface area (Å²) in [5, 5.41) is 2.80. The second-order valence-corrected chi connectivity index (χ2v) is 8.85. The summed E-state index contributed by atoms with van der Waals surface area (Å²) in [7, 11) is -3.61. The Labute approximate surface area is 156 Å². The summed E-state index contributed by atoms with van der Waals surface area (Å²) in [5.41, 5.74) is 6.00. The van der Waals surface area contributed by atoms with Gasteiger partial charge in [0.1, 0.15) is 6.54 Å². The van der Waals surface area contributed by atoms with Gasteiger partial charge < -0.3 is 5.32 Å². The third-order valence-electron chi connectivity index (χ3n) is 4.08. The van der Waals surface area contributed by atoms with Crippen LogP contribution in [0.4, 0.5) is 11.4 Å². The Morgan fingerprint density at radius 1 is 0.885 bits per heavy atom. The molecule has 2 rings (SSSR count). The first-order valence-electron chi connectivity index (χ1n) is 8.41. The molecule has 2 aromatic carbocycles. The minimum absolute atomic E-state index is 0.267. The molecule has 0 saturated heterocycles. The number of amides is 1. The Morgan fingerprint density at radius 2 is 1.35 bits per heavy atom. The Kier molecular flexibility index (Phi) is 5.76. The molecule has 0 heterocycles. The van der Waals surface area contributed by atoms with E-state index < -0.39 is 10.0 Å². The van der Waals surface area contributed by atoms with E-state index in [0.717, 1.165) is 34.1 Å². The van der Waals surface area contributed by atoms with Gasteiger partial charge in [0.05, 0.1) is 11.9 Å². The van der Waals surface area contributed by atoms with Gasteiger partial charge in [-0.25, -0.2) is 8.42 Å². The minimum atomic E-state index is -3.61. The highest BCUT2D eigenvalue weighted by atomic mass is 32.2. The van der Waals surface area contributed by atoms with Crippen LogP contribution in [-0.2, 0) is 14.8 Å². The van der Waals surface area contributed by atoms with E-state index >= 15 is 0 Å². The lowest BCUT2D eigenvalue weighted by molar-refractivity contribution is -0.114. The number of hydrogen-bond donors (Lipinski definition) is 1. The van der Waals surface area contributed by atoms with E-state index in [9.17, 15) is 13.2 Å². The molecule has 0 aromatic heterocycles. The highest BCUT2D eigenvalue weighted by Gasteiger charge is 2.24. The normalized spacial score (nSPS) is 11.3. The van der Waals surface area contributed by atoms with E-state index in [-0.39, 0.29) is 12.5 Å². The second kappa shape index (κ2) is 7.50. The zero-order valence-corrected chi connectivity index (χ0v) is 17.0. The lowest BCUT2D eigenvalue weighted by atomic mass is 10.1. The molecule has 0 fully saturated rings. The van der Waals surface area contributed by atoms with E-state index in [2.05, 4.69) is 5.32 Å². The number of rotatable bonds is 5. The van der Waals surface area contributed by atoms with Gasteiger partial charge in [-0.2, -0.15) is 0 Å². The first-order valence-corrected chi connectivity index (χ1v) is 10.3. The van der Waals surface area contributed by atoms with Gasteiger partial charge in [0.2, 0.25) is 15.9 Å². The third kappa shape index (κ3) is 4.85. The molecule has 1 N–H and O–H groups in total. The van der Waals surface area contributed by atoms with Crippen molar-refractivity contribution in [3.8, 4) is 0 Å². The number of carbonyl (C=O) groups excluding carboxylic acids is 1. The standard InChI is InChI=1S/C20H26N2O3S/c1-13-7-14(2)11-18(10-13)21-19(23)12-22(26(6,24)25)20-16(4)8-15(3)9-17(20)5/h7-11H,12H2,1-6H3,(H,21,23). The summed E-state index contributed by atoms with van der Waals surface area (Å²) < 4.78 is 25.9. The second-order valence-electron chi connectivity index (χ2n) is 6.94. The van der Waals surface area contributed by atoms with E-state index in [1.54, 1.807) is 0 Å². The SMILES string of the molecule is Cc1cc(C)cc(NC(=O)CN(c2c(C)cc(C)cc2C)S(C)(=O)=O)c1. The molecule has 0 aliphatic carbocycles. The van der Waals surface area contributed by atoms with Crippen molar-refractivity contribution in [3.05, 3.63) is 58.1 Å². The van der Waals surface area contributed by atoms with Crippen LogP contribution in [-0.4, -0.2) is 27.1 Å². The predicted octanol–water partition coefficient (Wildman–Crippen LogP) is 3.63. The number of aryl methyl sites for hydroxylation is 5. The first kappa shape index (κ1) is 20.0. The molecule has 0 aliphatic heterocycles. The van der Waals surface area contributed by atoms with Gasteiger partial charge in [0.15, 0.2) is 0 Å². The van der Waals surface area contributed by atoms with Crippen LogP contribution >= 0.6 is 0 Å². The first-order chi connectivity index (χ1) is 12.0. The lowest BCUT2D eigenvalue weighted by Gasteiger charge is -2.26. The fourth-order valence-corrected chi connectivity index (χ4v) is 4.28. The van der Waals surface area contributed by atoms with Crippen LogP contribution < -0.4 is 9.62 Å². The molecule has 0 aliphatic rings. The third-order valence-corrected chi connectivity index (χ3v) is 5.19. The summed E-state index contributed by atoms with van der Waals surface area (Å²) in [6.07, 6.45) is 1.12. The van der Waals surface area contributed by atoms with E-state index in [0.29, 0.717) is 11.4 Å². The van der Waals surface area contributed by atoms with Crippen LogP contribution in [0.25, 0.3) is 0 Å². The van der Waals surface area contributed by atoms with Crippen molar-refractivity contribution in [2.24, 2.45) is 0 Å².